The van der Waals surface area contributed by atoms with E-state index in [1.807, 2.05) is 0 Å². The molecule has 2 aromatic rings. The van der Waals surface area contributed by atoms with Crippen LogP contribution in [0.3, 0.4) is 0 Å². The van der Waals surface area contributed by atoms with Crippen LogP contribution in [0.2, 0.25) is 0 Å². The van der Waals surface area contributed by atoms with Crippen molar-refractivity contribution in [2.75, 3.05) is 0 Å². The molecule has 0 aliphatic heterocycles. The Morgan fingerprint density at radius 3 is 2.71 bits per heavy atom. The number of benzene rings is 1. The molecular formula is C15H15N3O5S. The summed E-state index contributed by atoms with van der Waals surface area (Å²) in [6, 6.07) is 5.42. The lowest BCUT2D eigenvalue weighted by atomic mass is 10.0. The third-order valence-electron chi connectivity index (χ3n) is 3.54. The lowest BCUT2D eigenvalue weighted by Gasteiger charge is -2.16. The predicted molar refractivity (Wildman–Crippen MR) is 87.9 cm³/mol. The summed E-state index contributed by atoms with van der Waals surface area (Å²) in [4.78, 5) is 37.5. The van der Waals surface area contributed by atoms with Gasteiger partial charge in [-0.2, -0.15) is 0 Å². The van der Waals surface area contributed by atoms with Crippen LogP contribution in [-0.2, 0) is 4.79 Å². The first kappa shape index (κ1) is 17.5. The number of hydrogen-bond donors (Lipinski definition) is 2. The Hall–Kier alpha value is -2.81. The summed E-state index contributed by atoms with van der Waals surface area (Å²) >= 11 is 1.18. The van der Waals surface area contributed by atoms with Crippen LogP contribution in [0.4, 0.5) is 5.69 Å². The first-order valence-corrected chi connectivity index (χ1v) is 7.91. The number of amides is 1. The molecule has 1 heterocycles. The van der Waals surface area contributed by atoms with Crippen molar-refractivity contribution in [2.45, 2.75) is 19.9 Å². The second-order valence-electron chi connectivity index (χ2n) is 5.23. The van der Waals surface area contributed by atoms with Gasteiger partial charge in [-0.25, -0.2) is 4.98 Å². The summed E-state index contributed by atoms with van der Waals surface area (Å²) in [5, 5.41) is 24.3. The highest BCUT2D eigenvalue weighted by molar-refractivity contribution is 7.13. The molecule has 126 valence electrons. The van der Waals surface area contributed by atoms with Crippen molar-refractivity contribution in [3.63, 3.8) is 0 Å². The lowest BCUT2D eigenvalue weighted by molar-refractivity contribution is -0.384. The van der Waals surface area contributed by atoms with Crippen LogP contribution < -0.4 is 5.32 Å². The van der Waals surface area contributed by atoms with Crippen LogP contribution in [0.5, 0.6) is 0 Å². The smallest absolute Gasteiger partial charge is 0.308 e. The number of carboxylic acid groups (broad SMARTS) is 1. The highest BCUT2D eigenvalue weighted by Gasteiger charge is 2.22. The van der Waals surface area contributed by atoms with Crippen molar-refractivity contribution < 1.29 is 19.6 Å². The molecular weight excluding hydrogens is 334 g/mol. The molecule has 24 heavy (non-hydrogen) atoms. The Labute approximate surface area is 141 Å². The number of carbonyl (C=O) groups is 2. The van der Waals surface area contributed by atoms with Crippen molar-refractivity contribution in [3.05, 3.63) is 45.5 Å². The number of aromatic nitrogens is 1. The Morgan fingerprint density at radius 1 is 1.38 bits per heavy atom. The molecule has 1 aromatic heterocycles. The number of aliphatic carboxylic acids is 1. The molecule has 8 nitrogen and oxygen atoms in total. The number of nitrogens with one attached hydrogen (secondary N) is 1. The number of nitrogens with zero attached hydrogens (tertiary/aromatic N) is 2. The van der Waals surface area contributed by atoms with E-state index in [1.54, 1.807) is 19.1 Å². The molecule has 2 N–H and O–H groups in total. The standard InChI is InChI=1S/C15H15N3O5S/c1-8(15(20)21)9(2)16-13(19)12-7-24-14(17-12)10-4-3-5-11(6-10)18(22)23/h3-9H,1-2H3,(H,16,19)(H,20,21). The predicted octanol–water partition coefficient (Wildman–Crippen LogP) is 2.56. The van der Waals surface area contributed by atoms with E-state index in [2.05, 4.69) is 10.3 Å². The van der Waals surface area contributed by atoms with Crippen molar-refractivity contribution in [1.82, 2.24) is 10.3 Å². The van der Waals surface area contributed by atoms with E-state index in [0.29, 0.717) is 10.6 Å². The summed E-state index contributed by atoms with van der Waals surface area (Å²) in [5.41, 5.74) is 0.628. The molecule has 0 saturated heterocycles. The summed E-state index contributed by atoms with van der Waals surface area (Å²) in [7, 11) is 0. The second-order valence-corrected chi connectivity index (χ2v) is 6.09. The topological polar surface area (TPSA) is 122 Å². The van der Waals surface area contributed by atoms with Crippen LogP contribution in [0.25, 0.3) is 10.6 Å². The minimum Gasteiger partial charge on any atom is -0.481 e. The molecule has 9 heteroatoms. The summed E-state index contributed by atoms with van der Waals surface area (Å²) in [6.07, 6.45) is 0. The second kappa shape index (κ2) is 7.18. The van der Waals surface area contributed by atoms with Gasteiger partial charge in [-0.1, -0.05) is 12.1 Å². The molecule has 0 bridgehead atoms. The quantitative estimate of drug-likeness (QED) is 0.610. The Kier molecular flexibility index (Phi) is 5.24. The van der Waals surface area contributed by atoms with Crippen molar-refractivity contribution in [2.24, 2.45) is 5.92 Å². The number of hydrogen-bond acceptors (Lipinski definition) is 6. The summed E-state index contributed by atoms with van der Waals surface area (Å²) in [5.74, 6) is -2.22. The fourth-order valence-electron chi connectivity index (χ4n) is 1.88. The SMILES string of the molecule is CC(NC(=O)c1csc(-c2cccc([N+](=O)[O-])c2)n1)C(C)C(=O)O. The molecule has 2 atom stereocenters. The fraction of sp³-hybridized carbons (Fsp3) is 0.267. The van der Waals surface area contributed by atoms with Crippen molar-refractivity contribution >= 4 is 28.9 Å². The van der Waals surface area contributed by atoms with Gasteiger partial charge < -0.3 is 10.4 Å². The third kappa shape index (κ3) is 3.93. The fourth-order valence-corrected chi connectivity index (χ4v) is 2.68. The number of non-ortho nitro benzene ring substituents is 1. The van der Waals surface area contributed by atoms with Crippen LogP contribution in [0.15, 0.2) is 29.6 Å². The zero-order valence-corrected chi connectivity index (χ0v) is 13.7. The number of rotatable bonds is 6. The molecule has 0 aliphatic carbocycles. The van der Waals surface area contributed by atoms with Gasteiger partial charge in [0.15, 0.2) is 0 Å². The largest absolute Gasteiger partial charge is 0.481 e. The minimum absolute atomic E-state index is 0.0578. The van der Waals surface area contributed by atoms with Crippen LogP contribution in [0, 0.1) is 16.0 Å². The van der Waals surface area contributed by atoms with Gasteiger partial charge in [-0.3, -0.25) is 19.7 Å². The molecule has 0 fully saturated rings. The normalized spacial score (nSPS) is 13.1. The molecule has 0 saturated carbocycles. The molecule has 0 spiro atoms. The highest BCUT2D eigenvalue weighted by Crippen LogP contribution is 2.26. The van der Waals surface area contributed by atoms with Gasteiger partial charge >= 0.3 is 5.97 Å². The van der Waals surface area contributed by atoms with E-state index >= 15 is 0 Å². The summed E-state index contributed by atoms with van der Waals surface area (Å²) < 4.78 is 0. The lowest BCUT2D eigenvalue weighted by Crippen LogP contribution is -2.40. The maximum absolute atomic E-state index is 12.1. The highest BCUT2D eigenvalue weighted by atomic mass is 32.1. The van der Waals surface area contributed by atoms with E-state index in [0.717, 1.165) is 0 Å². The molecule has 0 radical (unpaired) electrons. The monoisotopic (exact) mass is 349 g/mol. The summed E-state index contributed by atoms with van der Waals surface area (Å²) in [6.45, 7) is 3.10. The first-order valence-electron chi connectivity index (χ1n) is 7.03. The minimum atomic E-state index is -1.00. The van der Waals surface area contributed by atoms with Crippen molar-refractivity contribution in [1.29, 1.82) is 0 Å². The Bertz CT molecular complexity index is 789. The van der Waals surface area contributed by atoms with E-state index in [1.165, 1.54) is 35.8 Å². The zero-order valence-electron chi connectivity index (χ0n) is 12.9. The number of carbonyl (C=O) groups excluding carboxylic acids is 1. The van der Waals surface area contributed by atoms with E-state index < -0.39 is 28.8 Å². The molecule has 1 amide bonds. The molecule has 1 aromatic carbocycles. The van der Waals surface area contributed by atoms with Crippen LogP contribution >= 0.6 is 11.3 Å². The van der Waals surface area contributed by atoms with Crippen LogP contribution in [0.1, 0.15) is 24.3 Å². The van der Waals surface area contributed by atoms with E-state index in [9.17, 15) is 19.7 Å². The Morgan fingerprint density at radius 2 is 2.08 bits per heavy atom. The molecule has 2 rings (SSSR count). The van der Waals surface area contributed by atoms with Gasteiger partial charge in [-0.05, 0) is 13.8 Å². The number of nitro benzene ring substituents is 1. The number of nitro groups is 1. The van der Waals surface area contributed by atoms with Gasteiger partial charge in [0.1, 0.15) is 10.7 Å². The van der Waals surface area contributed by atoms with E-state index in [4.69, 9.17) is 5.11 Å². The maximum Gasteiger partial charge on any atom is 0.308 e. The first-order chi connectivity index (χ1) is 11.3. The van der Waals surface area contributed by atoms with Gasteiger partial charge in [0.05, 0.1) is 10.8 Å². The maximum atomic E-state index is 12.1. The Balaban J connectivity index is 2.15. The van der Waals surface area contributed by atoms with E-state index in [-0.39, 0.29) is 11.4 Å². The molecule has 0 aliphatic rings. The van der Waals surface area contributed by atoms with Gasteiger partial charge in [0, 0.05) is 29.1 Å². The van der Waals surface area contributed by atoms with Gasteiger partial charge in [0.2, 0.25) is 0 Å². The third-order valence-corrected chi connectivity index (χ3v) is 4.43. The van der Waals surface area contributed by atoms with Gasteiger partial charge in [0.25, 0.3) is 11.6 Å². The van der Waals surface area contributed by atoms with Gasteiger partial charge in [-0.15, -0.1) is 11.3 Å². The average Bonchev–Trinajstić information content (AvgIpc) is 3.04. The number of carboxylic acids is 1. The zero-order chi connectivity index (χ0) is 17.9. The number of thiazole rings is 1. The molecule has 2 unspecified atom stereocenters. The average molecular weight is 349 g/mol. The van der Waals surface area contributed by atoms with Crippen LogP contribution in [-0.4, -0.2) is 32.9 Å². The van der Waals surface area contributed by atoms with Crippen molar-refractivity contribution in [3.8, 4) is 10.6 Å².